The van der Waals surface area contributed by atoms with Crippen LogP contribution >= 0.6 is 0 Å². The molecule has 0 radical (unpaired) electrons. The lowest BCUT2D eigenvalue weighted by molar-refractivity contribution is -0.135. The SMILES string of the molecule is CC(C)N(C)CCCCNCCCC(F)(F)F. The number of nitrogens with one attached hydrogen (secondary N) is 1. The Bertz CT molecular complexity index is 181. The first-order chi connectivity index (χ1) is 7.83. The van der Waals surface area contributed by atoms with Crippen molar-refractivity contribution in [2.45, 2.75) is 51.7 Å². The lowest BCUT2D eigenvalue weighted by Crippen LogP contribution is -2.28. The molecule has 1 N–H and O–H groups in total. The van der Waals surface area contributed by atoms with E-state index in [1.807, 2.05) is 0 Å². The van der Waals surface area contributed by atoms with Gasteiger partial charge in [0, 0.05) is 12.5 Å². The zero-order valence-electron chi connectivity index (χ0n) is 11.1. The molecule has 17 heavy (non-hydrogen) atoms. The Labute approximate surface area is 103 Å². The minimum Gasteiger partial charge on any atom is -0.317 e. The van der Waals surface area contributed by atoms with E-state index in [2.05, 4.69) is 31.1 Å². The van der Waals surface area contributed by atoms with Gasteiger partial charge in [0.05, 0.1) is 0 Å². The minimum absolute atomic E-state index is 0.176. The van der Waals surface area contributed by atoms with Crippen molar-refractivity contribution in [1.82, 2.24) is 10.2 Å². The Morgan fingerprint density at radius 1 is 1.06 bits per heavy atom. The van der Waals surface area contributed by atoms with Crippen LogP contribution in [0.15, 0.2) is 0 Å². The van der Waals surface area contributed by atoms with E-state index in [4.69, 9.17) is 0 Å². The van der Waals surface area contributed by atoms with Crippen molar-refractivity contribution in [3.8, 4) is 0 Å². The van der Waals surface area contributed by atoms with E-state index >= 15 is 0 Å². The van der Waals surface area contributed by atoms with Gasteiger partial charge in [-0.3, -0.25) is 0 Å². The van der Waals surface area contributed by atoms with E-state index in [0.717, 1.165) is 25.9 Å². The summed E-state index contributed by atoms with van der Waals surface area (Å²) in [5.74, 6) is 0. The van der Waals surface area contributed by atoms with Gasteiger partial charge in [0.15, 0.2) is 0 Å². The highest BCUT2D eigenvalue weighted by Gasteiger charge is 2.25. The second-order valence-corrected chi connectivity index (χ2v) is 4.75. The molecule has 0 atom stereocenters. The Hall–Kier alpha value is -0.290. The van der Waals surface area contributed by atoms with Gasteiger partial charge in [-0.15, -0.1) is 0 Å². The molecule has 0 unspecified atom stereocenters. The van der Waals surface area contributed by atoms with Crippen molar-refractivity contribution in [2.24, 2.45) is 0 Å². The van der Waals surface area contributed by atoms with Gasteiger partial charge < -0.3 is 10.2 Å². The Kier molecular flexibility index (Phi) is 8.60. The Morgan fingerprint density at radius 2 is 1.65 bits per heavy atom. The van der Waals surface area contributed by atoms with E-state index in [1.165, 1.54) is 0 Å². The lowest BCUT2D eigenvalue weighted by atomic mass is 10.2. The first-order valence-corrected chi connectivity index (χ1v) is 6.30. The van der Waals surface area contributed by atoms with E-state index in [9.17, 15) is 13.2 Å². The van der Waals surface area contributed by atoms with Crippen LogP contribution in [0.3, 0.4) is 0 Å². The van der Waals surface area contributed by atoms with Crippen LogP contribution in [0.5, 0.6) is 0 Å². The number of rotatable bonds is 9. The number of unbranched alkanes of at least 4 members (excludes halogenated alkanes) is 1. The summed E-state index contributed by atoms with van der Waals surface area (Å²) in [4.78, 5) is 2.27. The maximum Gasteiger partial charge on any atom is 0.389 e. The van der Waals surface area contributed by atoms with Gasteiger partial charge in [-0.2, -0.15) is 13.2 Å². The van der Waals surface area contributed by atoms with Crippen LogP contribution in [0, 0.1) is 0 Å². The molecule has 0 aliphatic carbocycles. The summed E-state index contributed by atoms with van der Waals surface area (Å²) in [5.41, 5.74) is 0. The fourth-order valence-corrected chi connectivity index (χ4v) is 1.41. The summed E-state index contributed by atoms with van der Waals surface area (Å²) < 4.78 is 35.5. The topological polar surface area (TPSA) is 15.3 Å². The van der Waals surface area contributed by atoms with Crippen LogP contribution in [0.25, 0.3) is 0 Å². The van der Waals surface area contributed by atoms with Crippen LogP contribution < -0.4 is 5.32 Å². The fraction of sp³-hybridized carbons (Fsp3) is 1.00. The highest BCUT2D eigenvalue weighted by Crippen LogP contribution is 2.20. The van der Waals surface area contributed by atoms with Crippen LogP contribution in [-0.2, 0) is 0 Å². The second-order valence-electron chi connectivity index (χ2n) is 4.75. The van der Waals surface area contributed by atoms with Crippen LogP contribution in [0.2, 0.25) is 0 Å². The number of hydrogen-bond donors (Lipinski definition) is 1. The Balaban J connectivity index is 3.19. The highest BCUT2D eigenvalue weighted by molar-refractivity contribution is 4.58. The van der Waals surface area contributed by atoms with Crippen molar-refractivity contribution < 1.29 is 13.2 Å². The molecule has 0 fully saturated rings. The maximum absolute atomic E-state index is 11.8. The third-order valence-electron chi connectivity index (χ3n) is 2.81. The normalized spacial score (nSPS) is 12.7. The molecule has 5 heteroatoms. The smallest absolute Gasteiger partial charge is 0.317 e. The minimum atomic E-state index is -4.01. The molecule has 0 saturated carbocycles. The molecule has 104 valence electrons. The van der Waals surface area contributed by atoms with Gasteiger partial charge >= 0.3 is 6.18 Å². The predicted molar refractivity (Wildman–Crippen MR) is 65.2 cm³/mol. The molecule has 0 aromatic carbocycles. The van der Waals surface area contributed by atoms with E-state index < -0.39 is 12.6 Å². The zero-order valence-corrected chi connectivity index (χ0v) is 11.1. The molecule has 2 nitrogen and oxygen atoms in total. The molecule has 0 bridgehead atoms. The van der Waals surface area contributed by atoms with Crippen molar-refractivity contribution in [1.29, 1.82) is 0 Å². The average molecular weight is 254 g/mol. The molecule has 0 spiro atoms. The van der Waals surface area contributed by atoms with Crippen molar-refractivity contribution in [2.75, 3.05) is 26.7 Å². The monoisotopic (exact) mass is 254 g/mol. The lowest BCUT2D eigenvalue weighted by Gasteiger charge is -2.20. The van der Waals surface area contributed by atoms with Gasteiger partial charge in [0.1, 0.15) is 0 Å². The molecular weight excluding hydrogens is 229 g/mol. The summed E-state index contributed by atoms with van der Waals surface area (Å²) in [5, 5.41) is 3.04. The van der Waals surface area contributed by atoms with Crippen molar-refractivity contribution >= 4 is 0 Å². The van der Waals surface area contributed by atoms with E-state index in [1.54, 1.807) is 0 Å². The quantitative estimate of drug-likeness (QED) is 0.636. The van der Waals surface area contributed by atoms with Crippen molar-refractivity contribution in [3.63, 3.8) is 0 Å². The molecule has 0 amide bonds. The summed E-state index contributed by atoms with van der Waals surface area (Å²) >= 11 is 0. The first kappa shape index (κ1) is 16.7. The average Bonchev–Trinajstić information content (AvgIpc) is 2.19. The number of halogens is 3. The number of alkyl halides is 3. The van der Waals surface area contributed by atoms with Crippen molar-refractivity contribution in [3.05, 3.63) is 0 Å². The largest absolute Gasteiger partial charge is 0.389 e. The van der Waals surface area contributed by atoms with Gasteiger partial charge in [-0.1, -0.05) is 0 Å². The third kappa shape index (κ3) is 12.0. The molecule has 0 saturated heterocycles. The second kappa shape index (κ2) is 8.75. The molecule has 0 rings (SSSR count). The molecular formula is C12H25F3N2. The third-order valence-corrected chi connectivity index (χ3v) is 2.81. The summed E-state index contributed by atoms with van der Waals surface area (Å²) in [7, 11) is 2.08. The summed E-state index contributed by atoms with van der Waals surface area (Å²) in [6.07, 6.45) is -2.42. The van der Waals surface area contributed by atoms with Gasteiger partial charge in [0.2, 0.25) is 0 Å². The standard InChI is InChI=1S/C12H25F3N2/c1-11(2)17(3)10-5-4-8-16-9-6-7-12(13,14)15/h11,16H,4-10H2,1-3H3. The number of nitrogens with zero attached hydrogens (tertiary/aromatic N) is 1. The zero-order chi connectivity index (χ0) is 13.3. The summed E-state index contributed by atoms with van der Waals surface area (Å²) in [6, 6.07) is 0.551. The van der Waals surface area contributed by atoms with Gasteiger partial charge in [0.25, 0.3) is 0 Å². The van der Waals surface area contributed by atoms with Crippen LogP contribution in [-0.4, -0.2) is 43.8 Å². The maximum atomic E-state index is 11.8. The molecule has 0 aromatic heterocycles. The molecule has 0 aliphatic rings. The number of hydrogen-bond acceptors (Lipinski definition) is 2. The predicted octanol–water partition coefficient (Wildman–Crippen LogP) is 3.04. The Morgan fingerprint density at radius 3 is 2.18 bits per heavy atom. The van der Waals surface area contributed by atoms with E-state index in [-0.39, 0.29) is 6.42 Å². The molecule has 0 heterocycles. The van der Waals surface area contributed by atoms with E-state index in [0.29, 0.717) is 12.6 Å². The van der Waals surface area contributed by atoms with Crippen LogP contribution in [0.4, 0.5) is 13.2 Å². The van der Waals surface area contributed by atoms with Crippen LogP contribution in [0.1, 0.15) is 39.5 Å². The fourth-order valence-electron chi connectivity index (χ4n) is 1.41. The first-order valence-electron chi connectivity index (χ1n) is 6.30. The molecule has 0 aliphatic heterocycles. The summed E-state index contributed by atoms with van der Waals surface area (Å²) in [6.45, 7) is 6.61. The van der Waals surface area contributed by atoms with Gasteiger partial charge in [-0.25, -0.2) is 0 Å². The molecule has 0 aromatic rings. The van der Waals surface area contributed by atoms with Gasteiger partial charge in [-0.05, 0) is 59.8 Å². The highest BCUT2D eigenvalue weighted by atomic mass is 19.4.